The van der Waals surface area contributed by atoms with Gasteiger partial charge in [0.25, 0.3) is 11.8 Å². The van der Waals surface area contributed by atoms with Crippen LogP contribution in [-0.4, -0.2) is 77.3 Å². The fraction of sp³-hybridized carbons (Fsp3) is 0.688. The highest BCUT2D eigenvalue weighted by Gasteiger charge is 2.47. The Morgan fingerprint density at radius 1 is 1.38 bits per heavy atom. The molecule has 0 bridgehead atoms. The van der Waals surface area contributed by atoms with E-state index < -0.39 is 5.92 Å². The number of amides is 1. The Bertz CT molecular complexity index is 564. The van der Waals surface area contributed by atoms with Gasteiger partial charge in [-0.2, -0.15) is 10.2 Å². The van der Waals surface area contributed by atoms with Crippen LogP contribution in [0.5, 0.6) is 0 Å². The van der Waals surface area contributed by atoms with E-state index in [1.165, 1.54) is 12.4 Å². The summed E-state index contributed by atoms with van der Waals surface area (Å²) in [6.07, 6.45) is 4.18. The van der Waals surface area contributed by atoms with Gasteiger partial charge in [0.1, 0.15) is 0 Å². The maximum absolute atomic E-state index is 13.8. The summed E-state index contributed by atoms with van der Waals surface area (Å²) in [5.74, 6) is -2.73. The van der Waals surface area contributed by atoms with E-state index >= 15 is 0 Å². The lowest BCUT2D eigenvalue weighted by Crippen LogP contribution is -2.49. The van der Waals surface area contributed by atoms with Crippen molar-refractivity contribution in [2.24, 2.45) is 0 Å². The number of aromatic nitrogens is 2. The van der Waals surface area contributed by atoms with Gasteiger partial charge in [0, 0.05) is 38.7 Å². The highest BCUT2D eigenvalue weighted by Crippen LogP contribution is 2.35. The summed E-state index contributed by atoms with van der Waals surface area (Å²) >= 11 is 0. The number of hydrogen-bond donors (Lipinski definition) is 0. The number of ether oxygens (including phenoxy) is 1. The molecule has 2 saturated heterocycles. The molecule has 0 aromatic carbocycles. The van der Waals surface area contributed by atoms with Gasteiger partial charge in [0.05, 0.1) is 31.1 Å². The van der Waals surface area contributed by atoms with Gasteiger partial charge in [-0.15, -0.1) is 0 Å². The number of carbonyl (C=O) groups excluding carboxylic acids is 1. The summed E-state index contributed by atoms with van der Waals surface area (Å²) in [4.78, 5) is 16.0. The summed E-state index contributed by atoms with van der Waals surface area (Å²) in [7, 11) is 1.54. The molecule has 1 aromatic rings. The second-order valence-corrected chi connectivity index (χ2v) is 6.50. The average Bonchev–Trinajstić information content (AvgIpc) is 2.90. The highest BCUT2D eigenvalue weighted by molar-refractivity contribution is 5.93. The second kappa shape index (κ2) is 7.06. The van der Waals surface area contributed by atoms with E-state index in [1.807, 2.05) is 4.90 Å². The number of piperidine rings is 1. The zero-order valence-corrected chi connectivity index (χ0v) is 13.7. The quantitative estimate of drug-likeness (QED) is 0.830. The molecule has 0 spiro atoms. The first-order valence-electron chi connectivity index (χ1n) is 8.18. The molecule has 2 aliphatic heterocycles. The molecule has 3 rings (SSSR count). The van der Waals surface area contributed by atoms with Crippen LogP contribution in [0.3, 0.4) is 0 Å². The monoisotopic (exact) mass is 340 g/mol. The number of methoxy groups -OCH3 is 1. The zero-order valence-electron chi connectivity index (χ0n) is 13.7. The number of carbonyl (C=O) groups is 1. The molecule has 2 aliphatic rings. The van der Waals surface area contributed by atoms with Crippen molar-refractivity contribution in [3.8, 4) is 0 Å². The van der Waals surface area contributed by atoms with Crippen LogP contribution in [0.25, 0.3) is 0 Å². The zero-order chi connectivity index (χ0) is 17.2. The summed E-state index contributed by atoms with van der Waals surface area (Å²) in [6.45, 7) is 1.23. The number of nitrogens with zero attached hydrogens (tertiary/aromatic N) is 4. The molecule has 0 unspecified atom stereocenters. The molecule has 0 saturated carbocycles. The molecular weight excluding hydrogens is 318 g/mol. The van der Waals surface area contributed by atoms with Crippen molar-refractivity contribution < 1.29 is 18.3 Å². The molecule has 0 aliphatic carbocycles. The van der Waals surface area contributed by atoms with Crippen LogP contribution in [0.15, 0.2) is 18.5 Å². The number of likely N-dealkylation sites (tertiary alicyclic amines) is 2. The smallest absolute Gasteiger partial charge is 0.262 e. The molecule has 3 heterocycles. The Morgan fingerprint density at radius 3 is 2.75 bits per heavy atom. The molecule has 1 aromatic heterocycles. The summed E-state index contributed by atoms with van der Waals surface area (Å²) in [5, 5.41) is 7.39. The van der Waals surface area contributed by atoms with Gasteiger partial charge in [-0.25, -0.2) is 8.78 Å². The predicted octanol–water partition coefficient (Wildman–Crippen LogP) is 1.44. The van der Waals surface area contributed by atoms with Crippen LogP contribution in [-0.2, 0) is 4.74 Å². The number of rotatable bonds is 4. The third kappa shape index (κ3) is 3.70. The lowest BCUT2D eigenvalue weighted by atomic mass is 10.0. The molecular formula is C16H22F2N4O2. The topological polar surface area (TPSA) is 58.6 Å². The Balaban J connectivity index is 1.59. The van der Waals surface area contributed by atoms with Crippen molar-refractivity contribution in [1.82, 2.24) is 20.0 Å². The number of halogens is 2. The Hall–Kier alpha value is -1.67. The maximum Gasteiger partial charge on any atom is 0.262 e. The molecule has 8 heteroatoms. The van der Waals surface area contributed by atoms with E-state index in [4.69, 9.17) is 4.74 Å². The first-order valence-corrected chi connectivity index (χ1v) is 8.18. The van der Waals surface area contributed by atoms with Gasteiger partial charge in [-0.05, 0) is 18.9 Å². The van der Waals surface area contributed by atoms with Crippen molar-refractivity contribution in [1.29, 1.82) is 0 Å². The van der Waals surface area contributed by atoms with Crippen molar-refractivity contribution >= 4 is 5.91 Å². The molecule has 132 valence electrons. The van der Waals surface area contributed by atoms with Crippen molar-refractivity contribution in [3.05, 3.63) is 24.0 Å². The number of alkyl halides is 2. The van der Waals surface area contributed by atoms with Crippen molar-refractivity contribution in [3.63, 3.8) is 0 Å². The number of hydrogen-bond acceptors (Lipinski definition) is 5. The van der Waals surface area contributed by atoms with Gasteiger partial charge in [0.2, 0.25) is 0 Å². The van der Waals surface area contributed by atoms with Crippen LogP contribution >= 0.6 is 0 Å². The van der Waals surface area contributed by atoms with Gasteiger partial charge >= 0.3 is 0 Å². The standard InChI is InChI=1S/C16H22F2N4O2/c1-24-10-14-8-16(17,18)11-22(14)13-3-6-21(7-4-13)15(23)12-2-5-19-20-9-12/h2,5,9,13-14H,3-4,6-8,10-11H2,1H3/t14-/m0/s1. The largest absolute Gasteiger partial charge is 0.383 e. The third-order valence-electron chi connectivity index (χ3n) is 4.83. The van der Waals surface area contributed by atoms with Crippen molar-refractivity contribution in [2.75, 3.05) is 33.4 Å². The molecule has 24 heavy (non-hydrogen) atoms. The minimum absolute atomic E-state index is 0.0677. The first kappa shape index (κ1) is 17.2. The van der Waals surface area contributed by atoms with Crippen LogP contribution in [0.4, 0.5) is 8.78 Å². The minimum atomic E-state index is -2.65. The van der Waals surface area contributed by atoms with E-state index in [9.17, 15) is 13.6 Å². The normalized spacial score (nSPS) is 25.1. The molecule has 1 amide bonds. The first-order chi connectivity index (χ1) is 11.5. The van der Waals surface area contributed by atoms with E-state index in [-0.39, 0.29) is 31.0 Å². The van der Waals surface area contributed by atoms with Gasteiger partial charge in [0.15, 0.2) is 0 Å². The Labute approximate surface area is 139 Å². The van der Waals surface area contributed by atoms with Crippen LogP contribution in [0.1, 0.15) is 29.6 Å². The summed E-state index contributed by atoms with van der Waals surface area (Å²) in [6, 6.07) is 1.46. The fourth-order valence-corrected chi connectivity index (χ4v) is 3.70. The second-order valence-electron chi connectivity index (χ2n) is 6.50. The molecule has 0 radical (unpaired) electrons. The lowest BCUT2D eigenvalue weighted by molar-refractivity contribution is 0.00285. The average molecular weight is 340 g/mol. The van der Waals surface area contributed by atoms with E-state index in [0.717, 1.165) is 0 Å². The molecule has 2 fully saturated rings. The van der Waals surface area contributed by atoms with E-state index in [1.54, 1.807) is 18.1 Å². The fourth-order valence-electron chi connectivity index (χ4n) is 3.70. The van der Waals surface area contributed by atoms with Crippen LogP contribution < -0.4 is 0 Å². The Kier molecular flexibility index (Phi) is 5.05. The van der Waals surface area contributed by atoms with E-state index in [0.29, 0.717) is 38.1 Å². The van der Waals surface area contributed by atoms with Crippen molar-refractivity contribution in [2.45, 2.75) is 37.3 Å². The third-order valence-corrected chi connectivity index (χ3v) is 4.83. The SMILES string of the molecule is COC[C@@H]1CC(F)(F)CN1C1CCN(C(=O)c2ccnnc2)CC1. The molecule has 1 atom stereocenters. The highest BCUT2D eigenvalue weighted by atomic mass is 19.3. The lowest BCUT2D eigenvalue weighted by Gasteiger charge is -2.39. The predicted molar refractivity (Wildman–Crippen MR) is 82.9 cm³/mol. The maximum atomic E-state index is 13.8. The summed E-state index contributed by atoms with van der Waals surface area (Å²) in [5.41, 5.74) is 0.508. The molecule has 6 nitrogen and oxygen atoms in total. The van der Waals surface area contributed by atoms with Gasteiger partial charge in [-0.1, -0.05) is 0 Å². The van der Waals surface area contributed by atoms with E-state index in [2.05, 4.69) is 10.2 Å². The minimum Gasteiger partial charge on any atom is -0.383 e. The van der Waals surface area contributed by atoms with Gasteiger partial charge < -0.3 is 9.64 Å². The Morgan fingerprint density at radius 2 is 2.12 bits per heavy atom. The van der Waals surface area contributed by atoms with Crippen LogP contribution in [0.2, 0.25) is 0 Å². The van der Waals surface area contributed by atoms with Gasteiger partial charge in [-0.3, -0.25) is 9.69 Å². The summed E-state index contributed by atoms with van der Waals surface area (Å²) < 4.78 is 32.7. The molecule has 0 N–H and O–H groups in total. The van der Waals surface area contributed by atoms with Crippen LogP contribution in [0, 0.1) is 0 Å².